The quantitative estimate of drug-likeness (QED) is 0.743. The molecule has 1 aromatic carbocycles. The molecule has 116 valence electrons. The molecule has 0 radical (unpaired) electrons. The van der Waals surface area contributed by atoms with Crippen LogP contribution in [0.1, 0.15) is 18.2 Å². The Kier molecular flexibility index (Phi) is 3.18. The number of amides is 1. The Labute approximate surface area is 130 Å². The van der Waals surface area contributed by atoms with Gasteiger partial charge in [-0.25, -0.2) is 4.39 Å². The molecule has 1 amide bonds. The van der Waals surface area contributed by atoms with Gasteiger partial charge < -0.3 is 13.8 Å². The van der Waals surface area contributed by atoms with E-state index in [1.54, 1.807) is 24.3 Å². The Balaban J connectivity index is 1.57. The molecule has 3 heterocycles. The molecule has 1 saturated heterocycles. The molecule has 1 aliphatic heterocycles. The molecule has 0 spiro atoms. The van der Waals surface area contributed by atoms with E-state index in [0.29, 0.717) is 23.8 Å². The Morgan fingerprint density at radius 3 is 2.96 bits per heavy atom. The maximum absolute atomic E-state index is 13.3. The molecule has 0 unspecified atom stereocenters. The van der Waals surface area contributed by atoms with Crippen LogP contribution in [0.3, 0.4) is 0 Å². The molecule has 0 aliphatic carbocycles. The van der Waals surface area contributed by atoms with Gasteiger partial charge in [0, 0.05) is 24.6 Å². The second-order valence-electron chi connectivity index (χ2n) is 5.32. The molecule has 1 atom stereocenters. The van der Waals surface area contributed by atoms with E-state index >= 15 is 0 Å². The first-order valence-corrected chi connectivity index (χ1v) is 7.14. The molecular weight excluding hydrogens is 301 g/mol. The van der Waals surface area contributed by atoms with E-state index in [1.807, 2.05) is 0 Å². The summed E-state index contributed by atoms with van der Waals surface area (Å²) in [6.07, 6.45) is 1.78. The zero-order valence-corrected chi connectivity index (χ0v) is 12.0. The van der Waals surface area contributed by atoms with Crippen molar-refractivity contribution in [3.8, 4) is 11.7 Å². The molecule has 0 N–H and O–H groups in total. The Morgan fingerprint density at radius 2 is 2.17 bits per heavy atom. The van der Waals surface area contributed by atoms with E-state index in [0.717, 1.165) is 0 Å². The highest BCUT2D eigenvalue weighted by molar-refractivity contribution is 5.96. The predicted octanol–water partition coefficient (Wildman–Crippen LogP) is 2.99. The van der Waals surface area contributed by atoms with Crippen LogP contribution in [-0.2, 0) is 4.79 Å². The zero-order chi connectivity index (χ0) is 15.8. The number of rotatable bonds is 3. The molecule has 4 rings (SSSR count). The van der Waals surface area contributed by atoms with E-state index in [-0.39, 0.29) is 30.0 Å². The molecule has 7 heteroatoms. The minimum Gasteiger partial charge on any atom is -0.459 e. The summed E-state index contributed by atoms with van der Waals surface area (Å²) in [6, 6.07) is 9.41. The summed E-state index contributed by atoms with van der Waals surface area (Å²) in [6.45, 7) is 0.388. The van der Waals surface area contributed by atoms with E-state index in [1.165, 1.54) is 23.3 Å². The van der Waals surface area contributed by atoms with E-state index in [9.17, 15) is 9.18 Å². The molecule has 6 nitrogen and oxygen atoms in total. The van der Waals surface area contributed by atoms with Crippen molar-refractivity contribution in [3.63, 3.8) is 0 Å². The van der Waals surface area contributed by atoms with Gasteiger partial charge in [-0.15, -0.1) is 0 Å². The van der Waals surface area contributed by atoms with Gasteiger partial charge in [-0.3, -0.25) is 4.79 Å². The third-order valence-electron chi connectivity index (χ3n) is 3.78. The van der Waals surface area contributed by atoms with Crippen LogP contribution in [0, 0.1) is 5.82 Å². The zero-order valence-electron chi connectivity index (χ0n) is 12.0. The lowest BCUT2D eigenvalue weighted by molar-refractivity contribution is -0.117. The van der Waals surface area contributed by atoms with E-state index < -0.39 is 0 Å². The van der Waals surface area contributed by atoms with Gasteiger partial charge in [-0.1, -0.05) is 11.2 Å². The van der Waals surface area contributed by atoms with E-state index in [4.69, 9.17) is 8.94 Å². The van der Waals surface area contributed by atoms with Crippen LogP contribution in [0.5, 0.6) is 0 Å². The van der Waals surface area contributed by atoms with Crippen molar-refractivity contribution in [2.24, 2.45) is 0 Å². The van der Waals surface area contributed by atoms with Gasteiger partial charge in [-0.2, -0.15) is 4.98 Å². The largest absolute Gasteiger partial charge is 0.459 e. The first-order chi connectivity index (χ1) is 11.2. The standard InChI is InChI=1S/C16H12FN3O3/c17-11-3-1-4-12(8-11)20-9-10(7-14(20)21)15-18-16(23-19-15)13-5-2-6-22-13/h1-6,8,10H,7,9H2/t10-/m1/s1. The molecule has 1 fully saturated rings. The monoisotopic (exact) mass is 313 g/mol. The predicted molar refractivity (Wildman–Crippen MR) is 78.1 cm³/mol. The van der Waals surface area contributed by atoms with Gasteiger partial charge >= 0.3 is 0 Å². The average Bonchev–Trinajstić information content (AvgIpc) is 3.27. The number of halogens is 1. The second-order valence-corrected chi connectivity index (χ2v) is 5.32. The lowest BCUT2D eigenvalue weighted by atomic mass is 10.1. The maximum atomic E-state index is 13.3. The van der Waals surface area contributed by atoms with Crippen molar-refractivity contribution in [2.45, 2.75) is 12.3 Å². The topological polar surface area (TPSA) is 72.4 Å². The summed E-state index contributed by atoms with van der Waals surface area (Å²) in [5.41, 5.74) is 0.534. The summed E-state index contributed by atoms with van der Waals surface area (Å²) >= 11 is 0. The highest BCUT2D eigenvalue weighted by Gasteiger charge is 2.34. The Morgan fingerprint density at radius 1 is 1.26 bits per heavy atom. The van der Waals surface area contributed by atoms with Crippen LogP contribution in [0.2, 0.25) is 0 Å². The minimum absolute atomic E-state index is 0.0926. The van der Waals surface area contributed by atoms with Gasteiger partial charge in [0.2, 0.25) is 5.91 Å². The fourth-order valence-electron chi connectivity index (χ4n) is 2.68. The van der Waals surface area contributed by atoms with Gasteiger partial charge in [0.05, 0.1) is 6.26 Å². The number of hydrogen-bond acceptors (Lipinski definition) is 5. The molecule has 1 aliphatic rings. The molecular formula is C16H12FN3O3. The van der Waals surface area contributed by atoms with Crippen LogP contribution >= 0.6 is 0 Å². The molecule has 23 heavy (non-hydrogen) atoms. The number of carbonyl (C=O) groups excluding carboxylic acids is 1. The summed E-state index contributed by atoms with van der Waals surface area (Å²) in [5, 5.41) is 3.94. The maximum Gasteiger partial charge on any atom is 0.293 e. The van der Waals surface area contributed by atoms with Gasteiger partial charge in [0.25, 0.3) is 5.89 Å². The van der Waals surface area contributed by atoms with Crippen LogP contribution < -0.4 is 4.90 Å². The van der Waals surface area contributed by atoms with Crippen molar-refractivity contribution < 1.29 is 18.1 Å². The number of anilines is 1. The number of carbonyl (C=O) groups is 1. The van der Waals surface area contributed by atoms with Crippen LogP contribution in [0.4, 0.5) is 10.1 Å². The summed E-state index contributed by atoms with van der Waals surface area (Å²) in [7, 11) is 0. The fourth-order valence-corrected chi connectivity index (χ4v) is 2.68. The molecule has 0 saturated carbocycles. The first kappa shape index (κ1) is 13.7. The number of hydrogen-bond donors (Lipinski definition) is 0. The molecule has 3 aromatic rings. The van der Waals surface area contributed by atoms with Crippen LogP contribution in [-0.4, -0.2) is 22.6 Å². The number of nitrogens with zero attached hydrogens (tertiary/aromatic N) is 3. The van der Waals surface area contributed by atoms with Crippen LogP contribution in [0.25, 0.3) is 11.7 Å². The fraction of sp³-hybridized carbons (Fsp3) is 0.188. The van der Waals surface area contributed by atoms with Crippen molar-refractivity contribution in [1.82, 2.24) is 10.1 Å². The average molecular weight is 313 g/mol. The number of benzene rings is 1. The molecule has 0 bridgehead atoms. The Hall–Kier alpha value is -2.96. The highest BCUT2D eigenvalue weighted by atomic mass is 19.1. The normalized spacial score (nSPS) is 17.9. The summed E-state index contributed by atoms with van der Waals surface area (Å²) < 4.78 is 23.7. The smallest absolute Gasteiger partial charge is 0.293 e. The SMILES string of the molecule is O=C1C[C@@H](c2noc(-c3ccco3)n2)CN1c1cccc(F)c1. The van der Waals surface area contributed by atoms with E-state index in [2.05, 4.69) is 10.1 Å². The lowest BCUT2D eigenvalue weighted by Gasteiger charge is -2.15. The van der Waals surface area contributed by atoms with Crippen molar-refractivity contribution in [1.29, 1.82) is 0 Å². The highest BCUT2D eigenvalue weighted by Crippen LogP contribution is 2.31. The number of aromatic nitrogens is 2. The first-order valence-electron chi connectivity index (χ1n) is 7.14. The second kappa shape index (κ2) is 5.35. The van der Waals surface area contributed by atoms with Crippen molar-refractivity contribution in [3.05, 3.63) is 54.3 Å². The van der Waals surface area contributed by atoms with Gasteiger partial charge in [-0.05, 0) is 30.3 Å². The van der Waals surface area contributed by atoms with Crippen molar-refractivity contribution >= 4 is 11.6 Å². The molecule has 2 aromatic heterocycles. The van der Waals surface area contributed by atoms with Gasteiger partial charge in [0.1, 0.15) is 5.82 Å². The summed E-state index contributed by atoms with van der Waals surface area (Å²) in [5.74, 6) is 0.543. The Bertz CT molecular complexity index is 844. The third kappa shape index (κ3) is 2.50. The van der Waals surface area contributed by atoms with Crippen molar-refractivity contribution in [2.75, 3.05) is 11.4 Å². The number of furan rings is 1. The minimum atomic E-state index is -0.376. The van der Waals surface area contributed by atoms with Crippen LogP contribution in [0.15, 0.2) is 51.6 Å². The third-order valence-corrected chi connectivity index (χ3v) is 3.78. The lowest BCUT2D eigenvalue weighted by Crippen LogP contribution is -2.24. The summed E-state index contributed by atoms with van der Waals surface area (Å²) in [4.78, 5) is 18.0. The van der Waals surface area contributed by atoms with Gasteiger partial charge in [0.15, 0.2) is 11.6 Å².